The Labute approximate surface area is 461 Å². The Balaban J connectivity index is 0.000000375. The van der Waals surface area contributed by atoms with Crippen LogP contribution >= 0.6 is 0 Å². The van der Waals surface area contributed by atoms with Gasteiger partial charge in [-0.15, -0.1) is 23.6 Å². The number of hydrogen-bond donors (Lipinski definition) is 0. The molecule has 0 bridgehead atoms. The molecule has 4 aromatic heterocycles. The van der Waals surface area contributed by atoms with Gasteiger partial charge in [0.05, 0.1) is 22.1 Å². The number of para-hydroxylation sites is 2. The Morgan fingerprint density at radius 1 is 0.289 bits per heavy atom. The maximum atomic E-state index is 5.45. The van der Waals surface area contributed by atoms with Crippen LogP contribution in [0, 0.1) is 18.2 Å². The maximum Gasteiger partial charge on any atom is 1.00 e. The molecule has 15 aromatic rings. The molecule has 0 atom stereocenters. The summed E-state index contributed by atoms with van der Waals surface area (Å²) in [5, 5.41) is 6.86. The summed E-state index contributed by atoms with van der Waals surface area (Å²) >= 11 is 0. The van der Waals surface area contributed by atoms with E-state index in [4.69, 9.17) is 15.0 Å². The largest absolute Gasteiger partial charge is 1.00 e. The summed E-state index contributed by atoms with van der Waals surface area (Å²) in [6, 6.07) is 100. The molecular weight excluding hydrogens is 936 g/mol. The Hall–Kier alpha value is -9.17. The van der Waals surface area contributed by atoms with Crippen molar-refractivity contribution < 1.29 is 29.6 Å². The molecule has 76 heavy (non-hydrogen) atoms. The van der Waals surface area contributed by atoms with Crippen LogP contribution in [-0.4, -0.2) is 28.7 Å². The van der Waals surface area contributed by atoms with Crippen LogP contribution < -0.4 is 29.6 Å². The normalized spacial score (nSPS) is 11.3. The van der Waals surface area contributed by atoms with Gasteiger partial charge < -0.3 is 9.13 Å². The van der Waals surface area contributed by atoms with E-state index in [1.165, 1.54) is 21.8 Å². The van der Waals surface area contributed by atoms with Crippen LogP contribution in [0.3, 0.4) is 0 Å². The van der Waals surface area contributed by atoms with E-state index in [0.717, 1.165) is 88.2 Å². The number of hydrogen-bond acceptors (Lipinski definition) is 3. The van der Waals surface area contributed by atoms with Crippen molar-refractivity contribution in [3.05, 3.63) is 279 Å². The summed E-state index contributed by atoms with van der Waals surface area (Å²) in [5.74, 6) is 1.66. The third-order valence-electron chi connectivity index (χ3n) is 14.2. The van der Waals surface area contributed by atoms with Crippen molar-refractivity contribution in [3.8, 4) is 62.4 Å². The van der Waals surface area contributed by atoms with Gasteiger partial charge in [0, 0.05) is 38.3 Å². The number of nitrogens with zero attached hydrogens (tertiary/aromatic N) is 6. The standard InChI is InChI=1S/C57H35N6.C12H8.Na/c1-4-16-37(17-5-1)40-28-31-52-46(34-40)45-24-12-15-27-51(45)62(52)56-58-55(39-20-8-3-9-21-39)59-57(60-56)63-53-32-29-41(38-18-6-2-7-19-38)35-47(53)48-36-42(30-33-54(48)63)61-49-25-13-10-22-43(49)44-23-11-14-26-50(44)61;1-3-7-11(8-4-1)12-9-5-2-6-10-12;/h1-11,13-36H;1-7,9H;/q-1;-2;+1. The van der Waals surface area contributed by atoms with Gasteiger partial charge in [0.15, 0.2) is 5.82 Å². The summed E-state index contributed by atoms with van der Waals surface area (Å²) in [4.78, 5) is 16.0. The zero-order valence-corrected chi connectivity index (χ0v) is 43.5. The van der Waals surface area contributed by atoms with Gasteiger partial charge in [0.1, 0.15) is 0 Å². The molecule has 0 aliphatic rings. The molecule has 352 valence electrons. The van der Waals surface area contributed by atoms with Crippen molar-refractivity contribution in [2.75, 3.05) is 0 Å². The first kappa shape index (κ1) is 46.6. The van der Waals surface area contributed by atoms with Crippen LogP contribution in [-0.2, 0) is 0 Å². The van der Waals surface area contributed by atoms with Gasteiger partial charge in [0.25, 0.3) is 0 Å². The average molecular weight is 979 g/mol. The summed E-state index contributed by atoms with van der Waals surface area (Å²) < 4.78 is 6.76. The fraction of sp³-hybridized carbons (Fsp3) is 0. The number of aromatic nitrogens is 6. The van der Waals surface area contributed by atoms with Crippen molar-refractivity contribution in [3.63, 3.8) is 0 Å². The topological polar surface area (TPSA) is 53.5 Å². The molecule has 4 heterocycles. The van der Waals surface area contributed by atoms with E-state index in [1.54, 1.807) is 0 Å². The van der Waals surface area contributed by atoms with Crippen LogP contribution in [0.1, 0.15) is 0 Å². The van der Waals surface area contributed by atoms with Crippen LogP contribution in [0.15, 0.2) is 261 Å². The van der Waals surface area contributed by atoms with Gasteiger partial charge in [-0.25, -0.2) is 11.1 Å². The van der Waals surface area contributed by atoms with Crippen LogP contribution in [0.5, 0.6) is 0 Å². The van der Waals surface area contributed by atoms with Crippen LogP contribution in [0.25, 0.3) is 128 Å². The monoisotopic (exact) mass is 978 g/mol. The molecule has 6 nitrogen and oxygen atoms in total. The van der Waals surface area contributed by atoms with E-state index in [9.17, 15) is 0 Å². The number of fused-ring (bicyclic) bond motifs is 9. The quantitative estimate of drug-likeness (QED) is 0.118. The average Bonchev–Trinajstić information content (AvgIpc) is 4.15. The summed E-state index contributed by atoms with van der Waals surface area (Å²) in [7, 11) is 0. The Kier molecular flexibility index (Phi) is 12.2. The molecule has 7 heteroatoms. The molecule has 0 N–H and O–H groups in total. The molecule has 0 aliphatic carbocycles. The molecule has 0 fully saturated rings. The van der Waals surface area contributed by atoms with Gasteiger partial charge >= 0.3 is 29.6 Å². The van der Waals surface area contributed by atoms with E-state index in [0.29, 0.717) is 17.7 Å². The molecule has 0 saturated carbocycles. The SMILES string of the molecule is [Na+].[c-]1ccc2c(c1)c1cc(-c3ccccc3)ccc1n2-c1nc(-c2ccccc2)nc(-n2c3ccc(-c4ccccc4)cc3c3cc(-n4c5ccccc5c5ccccc54)ccc32)n1.[c-]1ccccc1-c1[c-]cccc1. The second kappa shape index (κ2) is 19.9. The van der Waals surface area contributed by atoms with Gasteiger partial charge in [-0.3, -0.25) is 4.57 Å². The van der Waals surface area contributed by atoms with Gasteiger partial charge in [0.2, 0.25) is 11.9 Å². The van der Waals surface area contributed by atoms with E-state index in [1.807, 2.05) is 72.8 Å². The fourth-order valence-electron chi connectivity index (χ4n) is 10.7. The first-order valence-electron chi connectivity index (χ1n) is 25.1. The predicted octanol–water partition coefficient (Wildman–Crippen LogP) is 13.9. The molecule has 0 amide bonds. The van der Waals surface area contributed by atoms with Crippen molar-refractivity contribution in [1.82, 2.24) is 28.7 Å². The zero-order valence-electron chi connectivity index (χ0n) is 41.5. The molecule has 11 aromatic carbocycles. The minimum atomic E-state index is 0. The molecular formula is C69H43N6Na-2. The zero-order chi connectivity index (χ0) is 49.7. The second-order valence-electron chi connectivity index (χ2n) is 18.6. The van der Waals surface area contributed by atoms with Gasteiger partial charge in [-0.05, 0) is 76.2 Å². The maximum absolute atomic E-state index is 5.45. The van der Waals surface area contributed by atoms with E-state index in [-0.39, 0.29) is 29.6 Å². The third-order valence-corrected chi connectivity index (χ3v) is 14.2. The van der Waals surface area contributed by atoms with Crippen molar-refractivity contribution >= 4 is 65.4 Å². The summed E-state index contributed by atoms with van der Waals surface area (Å²) in [5.41, 5.74) is 15.1. The predicted molar refractivity (Wildman–Crippen MR) is 308 cm³/mol. The molecule has 0 unspecified atom stereocenters. The molecule has 0 spiro atoms. The number of rotatable bonds is 7. The van der Waals surface area contributed by atoms with Gasteiger partial charge in [-0.1, -0.05) is 151 Å². The molecule has 0 aliphatic heterocycles. The van der Waals surface area contributed by atoms with Crippen LogP contribution in [0.4, 0.5) is 0 Å². The summed E-state index contributed by atoms with van der Waals surface area (Å²) in [6.45, 7) is 0. The Morgan fingerprint density at radius 3 is 1.25 bits per heavy atom. The Bertz CT molecular complexity index is 4480. The van der Waals surface area contributed by atoms with E-state index < -0.39 is 0 Å². The van der Waals surface area contributed by atoms with Crippen molar-refractivity contribution in [1.29, 1.82) is 0 Å². The first-order valence-corrected chi connectivity index (χ1v) is 25.1. The molecule has 0 radical (unpaired) electrons. The minimum Gasteiger partial charge on any atom is -0.309 e. The Morgan fingerprint density at radius 2 is 0.724 bits per heavy atom. The summed E-state index contributed by atoms with van der Waals surface area (Å²) in [6.07, 6.45) is 0. The minimum absolute atomic E-state index is 0. The van der Waals surface area contributed by atoms with Crippen molar-refractivity contribution in [2.45, 2.75) is 0 Å². The molecule has 0 saturated heterocycles. The van der Waals surface area contributed by atoms with E-state index in [2.05, 4.69) is 220 Å². The first-order chi connectivity index (χ1) is 37.2. The molecule has 15 rings (SSSR count). The van der Waals surface area contributed by atoms with E-state index >= 15 is 0 Å². The third kappa shape index (κ3) is 8.26. The fourth-order valence-corrected chi connectivity index (χ4v) is 10.7. The second-order valence-corrected chi connectivity index (χ2v) is 18.6. The van der Waals surface area contributed by atoms with Crippen molar-refractivity contribution in [2.24, 2.45) is 0 Å². The smallest absolute Gasteiger partial charge is 0.309 e. The number of benzene rings is 11. The van der Waals surface area contributed by atoms with Crippen LogP contribution in [0.2, 0.25) is 0 Å². The van der Waals surface area contributed by atoms with Gasteiger partial charge in [-0.2, -0.15) is 81.7 Å².